The highest BCUT2D eigenvalue weighted by atomic mass is 79.9. The van der Waals surface area contributed by atoms with Crippen molar-refractivity contribution in [3.8, 4) is 0 Å². The molecule has 1 amide bonds. The molecule has 25 radical (unpaired) electrons. The van der Waals surface area contributed by atoms with Crippen LogP contribution in [0.4, 0.5) is 4.79 Å². The predicted octanol–water partition coefficient (Wildman–Crippen LogP) is 4.91. The first kappa shape index (κ1) is 127. The highest BCUT2D eigenvalue weighted by Crippen LogP contribution is 2.40. The standard InChI is InChI=1S/C19H24N2O2S.C13H21BN2O.C13H19BN2O.C12H18N2.C12H21NO2.C7H14BNO2.C5H4BrN.C4H12P.B23.BrH.ClH/c1-16-5-9-19(10-6-16)24(22,23)21-15-3-2-4-18(21)8-7-17-11-13-20-14-12-17;2*1-14(17)16-11-3-2-4-13(16)6-5-12-7-9-15-10-8-12;1-2-8-14-12(3-1)5-4-11-6-9-13-10-7-11;1-5-10-8-6-7-9-13(10)11(14)15-12(2,3)4;1-8(11)9-5-3-2-4-7(9)6-10;6-5-1-3-7-4-2-5;1-5(2,3)4;1-13-19(12)22(18(10)11)23(20(14(2)3)15(4)5)21(16(6)7)17(8)9;;/h5-6,9-14,18H,2-4,7-8,15H2,1H3;7-10,13,17H,2-6,11H2,1H3;5-10,13,17H,2-4,11H2,1H3;6-7,9-10,12,14H,1-5,8H2;5,10H,1,6-9H2,2-4H3;6-7,11H,2-5H2,1H3;1-4H;1-4H3;;2*1H/q;;;;;;;+1;;;/p-1/b;;6-5+;;;;;;;;. The number of nitrogens with one attached hydrogen (secondary N) is 1. The third-order valence-electron chi connectivity index (χ3n) is 24.2. The molecular weight excluding hydrogens is 1840 g/mol. The fourth-order valence-electron chi connectivity index (χ4n) is 17.3. The highest BCUT2D eigenvalue weighted by molar-refractivity contribution is 9.10. The van der Waals surface area contributed by atoms with Gasteiger partial charge in [-0.25, -0.2) is 13.2 Å². The molecule has 687 valence electrons. The summed E-state index contributed by atoms with van der Waals surface area (Å²) in [7, 11) is 66.4. The summed E-state index contributed by atoms with van der Waals surface area (Å²) in [5.74, 6) is 0. The summed E-state index contributed by atoms with van der Waals surface area (Å²) in [6.45, 7) is 31.5. The fraction of sp³-hybridized carbons (Fsp3) is 0.565. The highest BCUT2D eigenvalue weighted by Gasteiger charge is 2.48. The monoisotopic (exact) mass is 1980 g/mol. The van der Waals surface area contributed by atoms with E-state index in [1.165, 1.54) is 94.5 Å². The number of hydrogen-bond acceptors (Lipinski definition) is 17. The lowest BCUT2D eigenvalue weighted by molar-refractivity contribution is -0.112. The van der Waals surface area contributed by atoms with Crippen molar-refractivity contribution in [2.24, 2.45) is 0 Å². The summed E-state index contributed by atoms with van der Waals surface area (Å²) in [6.07, 6.45) is 44.1. The molecule has 11 heterocycles. The van der Waals surface area contributed by atoms with Gasteiger partial charge in [-0.1, -0.05) is 84.0 Å². The minimum atomic E-state index is -3.41. The first-order chi connectivity index (χ1) is 63.1. The molecule has 6 aromatic rings. The molecule has 6 saturated heterocycles. The van der Waals surface area contributed by atoms with Gasteiger partial charge in [-0.3, -0.25) is 24.9 Å². The number of ether oxygens (including phenoxy) is 1. The maximum absolute atomic E-state index is 13.0. The number of likely N-dealkylation sites (tertiary alicyclic amines) is 1. The number of pyridine rings is 5. The van der Waals surface area contributed by atoms with Crippen molar-refractivity contribution in [2.75, 3.05) is 65.9 Å². The number of carbonyl (C=O) groups excluding carboxylic acids is 2. The van der Waals surface area contributed by atoms with Crippen LogP contribution in [-0.2, 0) is 38.8 Å². The number of amides is 1. The summed E-state index contributed by atoms with van der Waals surface area (Å²) >= 11 is 3.27. The maximum atomic E-state index is 13.0. The number of aryl methyl sites for hydroxylation is 4. The molecule has 6 aliphatic rings. The second-order valence-electron chi connectivity index (χ2n) is 37.9. The molecule has 0 aliphatic carbocycles. The van der Waals surface area contributed by atoms with E-state index in [1.807, 2.05) is 126 Å². The van der Waals surface area contributed by atoms with Crippen LogP contribution in [0.2, 0.25) is 20.5 Å². The number of benzene rings is 1. The fourth-order valence-corrected chi connectivity index (χ4v) is 19.3. The van der Waals surface area contributed by atoms with Crippen molar-refractivity contribution >= 4 is 249 Å². The second kappa shape index (κ2) is 70.2. The van der Waals surface area contributed by atoms with Crippen LogP contribution >= 0.6 is 35.6 Å². The Morgan fingerprint density at radius 3 is 1.30 bits per heavy atom. The SMILES string of the molecule is Brc1ccncc1.C=CC1CCCCN1C(=O)OC(C)(C)C.CB(O)N1CCCCC1/C=C/c1ccncc1.CB(O)N1CCCCC1C=O.CB(O)N1CCCCC1CCc1ccncc1.C[P+](C)(C)C.Cc1ccc(S(=O)(=O)N2CCCCC2CCc2ccncc2)cc1.Cl.[B][B]B([B])B(B([B])[B])B(B(B([B])[B])B([B])[B])B(B([B])[B])B([B])[B].[Br-].c1cc(CCC2CCCCN2)ccn1. The Kier molecular flexibility index (Phi) is 66.2. The smallest absolute Gasteiger partial charge is 0.410 e. The minimum Gasteiger partial charge on any atom is -1.00 e. The van der Waals surface area contributed by atoms with E-state index in [4.69, 9.17) is 97.6 Å². The number of hydrogen-bond donors (Lipinski definition) is 4. The Bertz CT molecular complexity index is 4180. The van der Waals surface area contributed by atoms with E-state index in [2.05, 4.69) is 125 Å². The van der Waals surface area contributed by atoms with Gasteiger partial charge in [-0.2, -0.15) is 4.31 Å². The van der Waals surface area contributed by atoms with E-state index < -0.39 is 86.5 Å². The number of halogens is 3. The van der Waals surface area contributed by atoms with Crippen molar-refractivity contribution in [1.29, 1.82) is 0 Å². The van der Waals surface area contributed by atoms with E-state index in [0.717, 1.165) is 144 Å². The summed E-state index contributed by atoms with van der Waals surface area (Å²) in [5, 5.41) is 32.3. The van der Waals surface area contributed by atoms with Crippen molar-refractivity contribution in [2.45, 2.75) is 249 Å². The van der Waals surface area contributed by atoms with Crippen LogP contribution in [0.25, 0.3) is 6.08 Å². The van der Waals surface area contributed by atoms with Crippen LogP contribution < -0.4 is 22.3 Å². The molecular formula is C85H134B26Br2ClN11O8PS. The van der Waals surface area contributed by atoms with Crippen LogP contribution in [0.3, 0.4) is 0 Å². The molecule has 5 aromatic heterocycles. The number of piperidine rings is 6. The van der Waals surface area contributed by atoms with Crippen LogP contribution in [-0.4, -0.2) is 377 Å². The lowest BCUT2D eigenvalue weighted by atomic mass is 8.36. The lowest BCUT2D eigenvalue weighted by Gasteiger charge is -2.45. The summed E-state index contributed by atoms with van der Waals surface area (Å²) in [6, 6.07) is 29.1. The average molecular weight is 1980 g/mol. The van der Waals surface area contributed by atoms with E-state index in [-0.39, 0.29) is 75.0 Å². The largest absolute Gasteiger partial charge is 1.00 e. The summed E-state index contributed by atoms with van der Waals surface area (Å²) in [5.41, 5.74) is 5.78. The minimum absolute atomic E-state index is 0. The molecule has 0 spiro atoms. The third-order valence-corrected chi connectivity index (χ3v) is 26.7. The topological polar surface area (TPSA) is 231 Å². The molecule has 6 aliphatic heterocycles. The molecule has 1 aromatic carbocycles. The molecule has 6 fully saturated rings. The van der Waals surface area contributed by atoms with E-state index in [1.54, 1.807) is 65.3 Å². The van der Waals surface area contributed by atoms with Gasteiger partial charge >= 0.3 is 27.2 Å². The molecule has 19 nitrogen and oxygen atoms in total. The first-order valence-electron chi connectivity index (χ1n) is 47.8. The molecule has 12 rings (SSSR count). The molecule has 0 bridgehead atoms. The lowest BCUT2D eigenvalue weighted by Crippen LogP contribution is -3.00. The molecule has 6 unspecified atom stereocenters. The van der Waals surface area contributed by atoms with Crippen LogP contribution in [0, 0.1) is 6.92 Å². The first-order valence-corrected chi connectivity index (χ1v) is 53.6. The predicted molar refractivity (Wildman–Crippen MR) is 603 cm³/mol. The Labute approximate surface area is 863 Å². The van der Waals surface area contributed by atoms with E-state index in [9.17, 15) is 33.1 Å². The number of aldehydes is 1. The van der Waals surface area contributed by atoms with Crippen molar-refractivity contribution in [1.82, 2.24) is 53.9 Å². The van der Waals surface area contributed by atoms with Gasteiger partial charge in [0.1, 0.15) is 11.9 Å². The van der Waals surface area contributed by atoms with Crippen molar-refractivity contribution in [3.63, 3.8) is 0 Å². The maximum Gasteiger partial charge on any atom is 0.410 e. The summed E-state index contributed by atoms with van der Waals surface area (Å²) in [4.78, 5) is 50.7. The number of nitrogens with zero attached hydrogens (tertiary/aromatic N) is 10. The normalized spacial score (nSPS) is 18.3. The van der Waals surface area contributed by atoms with Gasteiger partial charge in [0.25, 0.3) is 0 Å². The number of carbonyl (C=O) groups is 2. The summed E-state index contributed by atoms with van der Waals surface area (Å²) < 4.78 is 34.2. The molecule has 0 saturated carbocycles. The Hall–Kier alpha value is -3.61. The molecule has 50 heteroatoms. The van der Waals surface area contributed by atoms with Crippen molar-refractivity contribution < 1.29 is 54.8 Å². The third kappa shape index (κ3) is 51.4. The molecule has 6 atom stereocenters. The van der Waals surface area contributed by atoms with Gasteiger partial charge in [-0.15, -0.1) is 19.0 Å². The van der Waals surface area contributed by atoms with Crippen LogP contribution in [0.15, 0.2) is 175 Å². The zero-order chi connectivity index (χ0) is 98.6. The van der Waals surface area contributed by atoms with Gasteiger partial charge in [0, 0.05) is 301 Å². The van der Waals surface area contributed by atoms with Gasteiger partial charge in [0.05, 0.1) is 17.0 Å². The van der Waals surface area contributed by atoms with Gasteiger partial charge in [-0.05, 0) is 291 Å². The number of aromatic nitrogens is 5. The van der Waals surface area contributed by atoms with Gasteiger partial charge in [0.2, 0.25) is 10.0 Å². The average Bonchev–Trinajstić information content (AvgIpc) is 0.788. The molecule has 4 N–H and O–H groups in total. The zero-order valence-electron chi connectivity index (χ0n) is 82.4. The van der Waals surface area contributed by atoms with E-state index in [0.29, 0.717) is 23.5 Å². The van der Waals surface area contributed by atoms with Crippen LogP contribution in [0.5, 0.6) is 0 Å². The number of rotatable bonds is 28. The Morgan fingerprint density at radius 2 is 0.904 bits per heavy atom. The molecule has 135 heavy (non-hydrogen) atoms. The van der Waals surface area contributed by atoms with E-state index >= 15 is 0 Å². The van der Waals surface area contributed by atoms with Gasteiger partial charge < -0.3 is 66.2 Å². The quantitative estimate of drug-likeness (QED) is 0.0221. The Balaban J connectivity index is 0.000000525. The zero-order valence-corrected chi connectivity index (χ0v) is 88.1. The van der Waals surface area contributed by atoms with Gasteiger partial charge in [0.15, 0.2) is 0 Å². The number of sulfonamides is 1. The Morgan fingerprint density at radius 1 is 0.526 bits per heavy atom. The van der Waals surface area contributed by atoms with Crippen molar-refractivity contribution in [3.05, 3.63) is 198 Å². The van der Waals surface area contributed by atoms with Crippen LogP contribution in [0.1, 0.15) is 183 Å². The second-order valence-corrected chi connectivity index (χ2v) is 46.0.